The fourth-order valence-corrected chi connectivity index (χ4v) is 2.36. The molecule has 5 nitrogen and oxygen atoms in total. The zero-order chi connectivity index (χ0) is 19.9. The fraction of sp³-hybridized carbons (Fsp3) is 0.364. The Bertz CT molecular complexity index is 765. The van der Waals surface area contributed by atoms with Crippen LogP contribution in [0.5, 0.6) is 0 Å². The normalized spacial score (nSPS) is 11.0. The molecule has 0 aliphatic carbocycles. The summed E-state index contributed by atoms with van der Waals surface area (Å²) in [7, 11) is 0. The summed E-state index contributed by atoms with van der Waals surface area (Å²) >= 11 is 0. The molecule has 0 aliphatic rings. The molecule has 0 aromatic heterocycles. The van der Waals surface area contributed by atoms with Crippen molar-refractivity contribution in [2.75, 3.05) is 11.9 Å². The van der Waals surface area contributed by atoms with Crippen molar-refractivity contribution in [3.05, 3.63) is 65.2 Å². The zero-order valence-electron chi connectivity index (χ0n) is 16.6. The Hall–Kier alpha value is -2.82. The van der Waals surface area contributed by atoms with Gasteiger partial charge in [-0.05, 0) is 57.0 Å². The monoisotopic (exact) mass is 367 g/mol. The van der Waals surface area contributed by atoms with E-state index in [0.717, 1.165) is 17.7 Å². The molecule has 0 fully saturated rings. The Morgan fingerprint density at radius 2 is 1.59 bits per heavy atom. The van der Waals surface area contributed by atoms with Gasteiger partial charge in [0.25, 0.3) is 5.91 Å². The highest BCUT2D eigenvalue weighted by Crippen LogP contribution is 2.12. The highest BCUT2D eigenvalue weighted by atomic mass is 16.2. The molecule has 3 N–H and O–H groups in total. The first-order valence-electron chi connectivity index (χ1n) is 9.28. The number of carbonyl (C=O) groups excluding carboxylic acids is 2. The molecule has 0 bridgehead atoms. The predicted octanol–water partition coefficient (Wildman–Crippen LogP) is 3.64. The second kappa shape index (κ2) is 9.21. The number of hydrogen-bond acceptors (Lipinski definition) is 3. The molecule has 0 saturated heterocycles. The highest BCUT2D eigenvalue weighted by molar-refractivity contribution is 5.95. The van der Waals surface area contributed by atoms with Crippen molar-refractivity contribution in [2.24, 2.45) is 0 Å². The van der Waals surface area contributed by atoms with Crippen molar-refractivity contribution in [1.82, 2.24) is 10.6 Å². The molecule has 0 radical (unpaired) electrons. The summed E-state index contributed by atoms with van der Waals surface area (Å²) < 4.78 is 0. The van der Waals surface area contributed by atoms with Crippen LogP contribution in [-0.2, 0) is 11.3 Å². The molecular weight excluding hydrogens is 338 g/mol. The van der Waals surface area contributed by atoms with Crippen LogP contribution in [0.15, 0.2) is 48.5 Å². The summed E-state index contributed by atoms with van der Waals surface area (Å²) in [6.07, 6.45) is 0.857. The summed E-state index contributed by atoms with van der Waals surface area (Å²) in [5.74, 6) is -0.175. The average Bonchev–Trinajstić information content (AvgIpc) is 2.66. The van der Waals surface area contributed by atoms with E-state index < -0.39 is 0 Å². The Labute approximate surface area is 161 Å². The number of amides is 2. The van der Waals surface area contributed by atoms with Crippen LogP contribution in [0.2, 0.25) is 0 Å². The summed E-state index contributed by atoms with van der Waals surface area (Å²) in [6, 6.07) is 15.2. The maximum absolute atomic E-state index is 12.2. The summed E-state index contributed by atoms with van der Waals surface area (Å²) in [4.78, 5) is 24.2. The van der Waals surface area contributed by atoms with Gasteiger partial charge in [-0.25, -0.2) is 0 Å². The lowest BCUT2D eigenvalue weighted by molar-refractivity contribution is -0.119. The lowest BCUT2D eigenvalue weighted by Gasteiger charge is -2.24. The van der Waals surface area contributed by atoms with Crippen molar-refractivity contribution >= 4 is 17.5 Å². The van der Waals surface area contributed by atoms with Crippen LogP contribution in [0, 0.1) is 6.92 Å². The molecular formula is C22H29N3O2. The third-order valence-electron chi connectivity index (χ3n) is 4.55. The van der Waals surface area contributed by atoms with Crippen LogP contribution in [0.3, 0.4) is 0 Å². The number of rotatable bonds is 8. The highest BCUT2D eigenvalue weighted by Gasteiger charge is 2.18. The summed E-state index contributed by atoms with van der Waals surface area (Å²) in [6.45, 7) is 8.75. The minimum atomic E-state index is -0.233. The van der Waals surface area contributed by atoms with Crippen molar-refractivity contribution in [3.63, 3.8) is 0 Å². The fourth-order valence-electron chi connectivity index (χ4n) is 2.36. The lowest BCUT2D eigenvalue weighted by atomic mass is 10.0. The second-order valence-corrected chi connectivity index (χ2v) is 7.38. The van der Waals surface area contributed by atoms with Crippen molar-refractivity contribution < 1.29 is 9.59 Å². The van der Waals surface area contributed by atoms with Crippen LogP contribution in [-0.4, -0.2) is 23.9 Å². The molecule has 0 atom stereocenters. The van der Waals surface area contributed by atoms with E-state index in [0.29, 0.717) is 12.1 Å². The molecule has 0 heterocycles. The number of hydrogen-bond donors (Lipinski definition) is 3. The van der Waals surface area contributed by atoms with E-state index in [-0.39, 0.29) is 23.9 Å². The van der Waals surface area contributed by atoms with Gasteiger partial charge in [-0.15, -0.1) is 0 Å². The van der Waals surface area contributed by atoms with E-state index >= 15 is 0 Å². The second-order valence-electron chi connectivity index (χ2n) is 7.38. The van der Waals surface area contributed by atoms with E-state index in [1.807, 2.05) is 52.0 Å². The minimum absolute atomic E-state index is 0.0814. The van der Waals surface area contributed by atoms with Crippen LogP contribution >= 0.6 is 0 Å². The maximum atomic E-state index is 12.2. The molecule has 2 aromatic carbocycles. The van der Waals surface area contributed by atoms with Crippen molar-refractivity contribution in [1.29, 1.82) is 0 Å². The number of aryl methyl sites for hydroxylation is 1. The van der Waals surface area contributed by atoms with Crippen molar-refractivity contribution in [2.45, 2.75) is 46.2 Å². The number of benzene rings is 2. The molecule has 0 saturated carbocycles. The Morgan fingerprint density at radius 1 is 0.963 bits per heavy atom. The SMILES string of the molecule is CCC(C)(C)NC(=O)c1ccc(NCC(=O)NCc2ccc(C)cc2)cc1. The standard InChI is InChI=1S/C22H29N3O2/c1-5-22(3,4)25-21(27)18-10-12-19(13-11-18)23-15-20(26)24-14-17-8-6-16(2)7-9-17/h6-13,23H,5,14-15H2,1-4H3,(H,24,26)(H,25,27). The molecule has 27 heavy (non-hydrogen) atoms. The van der Waals surface area contributed by atoms with Gasteiger partial charge in [-0.2, -0.15) is 0 Å². The van der Waals surface area contributed by atoms with Gasteiger partial charge in [0.2, 0.25) is 5.91 Å². The van der Waals surface area contributed by atoms with E-state index in [1.54, 1.807) is 24.3 Å². The van der Waals surface area contributed by atoms with Gasteiger partial charge in [-0.3, -0.25) is 9.59 Å². The molecule has 5 heteroatoms. The Morgan fingerprint density at radius 3 is 2.19 bits per heavy atom. The first-order valence-corrected chi connectivity index (χ1v) is 9.28. The third kappa shape index (κ3) is 6.77. The van der Waals surface area contributed by atoms with E-state index in [1.165, 1.54) is 5.56 Å². The van der Waals surface area contributed by atoms with Gasteiger partial charge in [0.05, 0.1) is 6.54 Å². The summed E-state index contributed by atoms with van der Waals surface area (Å²) in [5.41, 5.74) is 3.43. The molecule has 2 aromatic rings. The third-order valence-corrected chi connectivity index (χ3v) is 4.55. The maximum Gasteiger partial charge on any atom is 0.251 e. The van der Waals surface area contributed by atoms with E-state index in [4.69, 9.17) is 0 Å². The molecule has 2 amide bonds. The zero-order valence-corrected chi connectivity index (χ0v) is 16.6. The Kier molecular flexibility index (Phi) is 6.99. The number of anilines is 1. The van der Waals surface area contributed by atoms with Crippen molar-refractivity contribution in [3.8, 4) is 0 Å². The molecule has 0 spiro atoms. The number of nitrogens with one attached hydrogen (secondary N) is 3. The van der Waals surface area contributed by atoms with E-state index in [9.17, 15) is 9.59 Å². The summed E-state index contributed by atoms with van der Waals surface area (Å²) in [5, 5.41) is 8.96. The van der Waals surface area contributed by atoms with Crippen LogP contribution in [0.4, 0.5) is 5.69 Å². The topological polar surface area (TPSA) is 70.2 Å². The average molecular weight is 367 g/mol. The largest absolute Gasteiger partial charge is 0.376 e. The number of carbonyl (C=O) groups is 2. The van der Waals surface area contributed by atoms with Gasteiger partial charge in [-0.1, -0.05) is 36.8 Å². The molecule has 0 aliphatic heterocycles. The van der Waals surface area contributed by atoms with Crippen LogP contribution in [0.25, 0.3) is 0 Å². The van der Waals surface area contributed by atoms with Gasteiger partial charge in [0.1, 0.15) is 0 Å². The van der Waals surface area contributed by atoms with Gasteiger partial charge in [0.15, 0.2) is 0 Å². The molecule has 0 unspecified atom stereocenters. The van der Waals surface area contributed by atoms with Gasteiger partial charge >= 0.3 is 0 Å². The van der Waals surface area contributed by atoms with Crippen LogP contribution in [0.1, 0.15) is 48.7 Å². The molecule has 2 rings (SSSR count). The molecule has 144 valence electrons. The van der Waals surface area contributed by atoms with E-state index in [2.05, 4.69) is 16.0 Å². The Balaban J connectivity index is 1.79. The predicted molar refractivity (Wildman–Crippen MR) is 110 cm³/mol. The van der Waals surface area contributed by atoms with Crippen LogP contribution < -0.4 is 16.0 Å². The van der Waals surface area contributed by atoms with Gasteiger partial charge in [0, 0.05) is 23.3 Å². The smallest absolute Gasteiger partial charge is 0.251 e. The van der Waals surface area contributed by atoms with Gasteiger partial charge < -0.3 is 16.0 Å². The lowest BCUT2D eigenvalue weighted by Crippen LogP contribution is -2.42. The quantitative estimate of drug-likeness (QED) is 0.667. The first-order chi connectivity index (χ1) is 12.8. The first kappa shape index (κ1) is 20.5. The minimum Gasteiger partial charge on any atom is -0.376 e.